The van der Waals surface area contributed by atoms with E-state index < -0.39 is 22.0 Å². The fraction of sp³-hybridized carbons (Fsp3) is 0.192. The Morgan fingerprint density at radius 1 is 1.03 bits per heavy atom. The summed E-state index contributed by atoms with van der Waals surface area (Å²) in [5.74, 6) is -1.36. The standard InChI is InChI=1S/C26H25N5O5S/c1-15-11-12-20(13-16(15)2)31-26(34)23(17(3)29-31)28-27-22-10-6-9-21(24(22)32)18-7-5-8-19(14-18)25(33)30-37(4,35)36/h5-14,23,32H,1-4H3,(H,30,33). The molecule has 37 heavy (non-hydrogen) atoms. The van der Waals surface area contributed by atoms with Gasteiger partial charge in [-0.3, -0.25) is 9.59 Å². The molecular weight excluding hydrogens is 494 g/mol. The van der Waals surface area contributed by atoms with Crippen molar-refractivity contribution >= 4 is 38.9 Å². The minimum atomic E-state index is -3.73. The van der Waals surface area contributed by atoms with Gasteiger partial charge in [0.2, 0.25) is 10.0 Å². The summed E-state index contributed by atoms with van der Waals surface area (Å²) in [5.41, 5.74) is 4.27. The molecule has 11 heteroatoms. The van der Waals surface area contributed by atoms with Gasteiger partial charge in [-0.25, -0.2) is 13.1 Å². The van der Waals surface area contributed by atoms with Crippen molar-refractivity contribution in [3.05, 3.63) is 77.4 Å². The Hall–Kier alpha value is -4.38. The first-order valence-corrected chi connectivity index (χ1v) is 13.2. The predicted molar refractivity (Wildman–Crippen MR) is 141 cm³/mol. The topological polar surface area (TPSA) is 141 Å². The highest BCUT2D eigenvalue weighted by molar-refractivity contribution is 7.89. The van der Waals surface area contributed by atoms with E-state index in [2.05, 4.69) is 15.3 Å². The molecule has 1 unspecified atom stereocenters. The highest BCUT2D eigenvalue weighted by Gasteiger charge is 2.35. The van der Waals surface area contributed by atoms with E-state index in [-0.39, 0.29) is 22.9 Å². The molecule has 10 nitrogen and oxygen atoms in total. The van der Waals surface area contributed by atoms with Crippen LogP contribution in [0.3, 0.4) is 0 Å². The Labute approximate surface area is 214 Å². The number of carbonyl (C=O) groups is 2. The van der Waals surface area contributed by atoms with E-state index in [1.807, 2.05) is 36.8 Å². The van der Waals surface area contributed by atoms with E-state index in [1.165, 1.54) is 23.2 Å². The number of azo groups is 1. The SMILES string of the molecule is CC1=NN(c2ccc(C)c(C)c2)C(=O)C1N=Nc1cccc(-c2cccc(C(=O)NS(C)(=O)=O)c2)c1O. The van der Waals surface area contributed by atoms with Gasteiger partial charge in [-0.05, 0) is 67.8 Å². The van der Waals surface area contributed by atoms with E-state index in [1.54, 1.807) is 31.2 Å². The number of para-hydroxylation sites is 1. The first kappa shape index (κ1) is 25.7. The van der Waals surface area contributed by atoms with Crippen LogP contribution in [0.5, 0.6) is 5.75 Å². The highest BCUT2D eigenvalue weighted by atomic mass is 32.2. The van der Waals surface area contributed by atoms with Crippen LogP contribution in [0.4, 0.5) is 11.4 Å². The van der Waals surface area contributed by atoms with E-state index >= 15 is 0 Å². The summed E-state index contributed by atoms with van der Waals surface area (Å²) in [4.78, 5) is 25.3. The number of sulfonamides is 1. The monoisotopic (exact) mass is 519 g/mol. The second kappa shape index (κ2) is 9.94. The second-order valence-corrected chi connectivity index (χ2v) is 10.5. The third kappa shape index (κ3) is 5.56. The van der Waals surface area contributed by atoms with Gasteiger partial charge in [-0.15, -0.1) is 0 Å². The van der Waals surface area contributed by atoms with Crippen LogP contribution < -0.4 is 9.73 Å². The van der Waals surface area contributed by atoms with Gasteiger partial charge in [0.15, 0.2) is 11.8 Å². The fourth-order valence-corrected chi connectivity index (χ4v) is 4.21. The summed E-state index contributed by atoms with van der Waals surface area (Å²) >= 11 is 0. The summed E-state index contributed by atoms with van der Waals surface area (Å²) in [6, 6.07) is 15.6. The maximum atomic E-state index is 13.0. The molecule has 190 valence electrons. The number of benzene rings is 3. The van der Waals surface area contributed by atoms with E-state index in [0.717, 1.165) is 17.4 Å². The van der Waals surface area contributed by atoms with Crippen LogP contribution in [0.25, 0.3) is 11.1 Å². The Bertz CT molecular complexity index is 1580. The third-order valence-electron chi connectivity index (χ3n) is 5.84. The lowest BCUT2D eigenvalue weighted by atomic mass is 10.0. The van der Waals surface area contributed by atoms with Gasteiger partial charge in [0.25, 0.3) is 11.8 Å². The number of hydrogen-bond acceptors (Lipinski definition) is 8. The lowest BCUT2D eigenvalue weighted by Gasteiger charge is -2.14. The van der Waals surface area contributed by atoms with Crippen molar-refractivity contribution in [2.45, 2.75) is 26.8 Å². The van der Waals surface area contributed by atoms with Crippen molar-refractivity contribution in [2.24, 2.45) is 15.3 Å². The molecule has 1 heterocycles. The predicted octanol–water partition coefficient (Wildman–Crippen LogP) is 4.24. The molecule has 0 aromatic heterocycles. The Morgan fingerprint density at radius 3 is 2.46 bits per heavy atom. The molecule has 2 amide bonds. The minimum absolute atomic E-state index is 0.101. The lowest BCUT2D eigenvalue weighted by molar-refractivity contribution is -0.117. The lowest BCUT2D eigenvalue weighted by Crippen LogP contribution is -2.29. The average molecular weight is 520 g/mol. The summed E-state index contributed by atoms with van der Waals surface area (Å²) in [7, 11) is -3.73. The van der Waals surface area contributed by atoms with Crippen molar-refractivity contribution in [3.63, 3.8) is 0 Å². The van der Waals surface area contributed by atoms with Crippen LogP contribution in [-0.2, 0) is 14.8 Å². The fourth-order valence-electron chi connectivity index (χ4n) is 3.75. The zero-order valence-electron chi connectivity index (χ0n) is 20.6. The summed E-state index contributed by atoms with van der Waals surface area (Å²) in [6.45, 7) is 5.63. The largest absolute Gasteiger partial charge is 0.505 e. The molecule has 0 saturated carbocycles. The highest BCUT2D eigenvalue weighted by Crippen LogP contribution is 2.38. The van der Waals surface area contributed by atoms with Gasteiger partial charge in [0.05, 0.1) is 17.7 Å². The van der Waals surface area contributed by atoms with E-state index in [0.29, 0.717) is 22.5 Å². The van der Waals surface area contributed by atoms with Crippen molar-refractivity contribution in [1.82, 2.24) is 4.72 Å². The van der Waals surface area contributed by atoms with Gasteiger partial charge in [0, 0.05) is 11.1 Å². The quantitative estimate of drug-likeness (QED) is 0.469. The molecule has 4 rings (SSSR count). The van der Waals surface area contributed by atoms with Crippen molar-refractivity contribution in [3.8, 4) is 16.9 Å². The average Bonchev–Trinajstić information content (AvgIpc) is 3.12. The van der Waals surface area contributed by atoms with Crippen LogP contribution in [0, 0.1) is 13.8 Å². The first-order valence-electron chi connectivity index (χ1n) is 11.3. The van der Waals surface area contributed by atoms with Crippen LogP contribution >= 0.6 is 0 Å². The summed E-state index contributed by atoms with van der Waals surface area (Å²) in [5, 5.41) is 24.8. The van der Waals surface area contributed by atoms with Crippen LogP contribution in [0.1, 0.15) is 28.4 Å². The second-order valence-electron chi connectivity index (χ2n) is 8.74. The van der Waals surface area contributed by atoms with Crippen LogP contribution in [-0.4, -0.2) is 43.3 Å². The molecule has 0 radical (unpaired) electrons. The third-order valence-corrected chi connectivity index (χ3v) is 6.40. The molecule has 0 aliphatic carbocycles. The minimum Gasteiger partial charge on any atom is -0.505 e. The van der Waals surface area contributed by atoms with Crippen LogP contribution in [0.2, 0.25) is 0 Å². The Kier molecular flexibility index (Phi) is 6.90. The summed E-state index contributed by atoms with van der Waals surface area (Å²) in [6.07, 6.45) is 0.887. The zero-order chi connectivity index (χ0) is 26.9. The number of phenols is 1. The molecule has 1 aliphatic heterocycles. The van der Waals surface area contributed by atoms with Gasteiger partial charge in [0.1, 0.15) is 5.69 Å². The molecule has 1 atom stereocenters. The Balaban J connectivity index is 1.59. The molecule has 0 fully saturated rings. The number of rotatable bonds is 6. The number of carbonyl (C=O) groups excluding carboxylic acids is 2. The van der Waals surface area contributed by atoms with Gasteiger partial charge >= 0.3 is 0 Å². The number of aromatic hydroxyl groups is 1. The molecular formula is C26H25N5O5S. The van der Waals surface area contributed by atoms with Gasteiger partial charge in [-0.1, -0.05) is 30.3 Å². The molecule has 0 spiro atoms. The number of aryl methyl sites for hydroxylation is 2. The Morgan fingerprint density at radius 2 is 1.76 bits per heavy atom. The molecule has 3 aromatic rings. The number of hydrogen-bond donors (Lipinski definition) is 2. The number of amides is 2. The van der Waals surface area contributed by atoms with Gasteiger partial charge in [-0.2, -0.15) is 20.3 Å². The smallest absolute Gasteiger partial charge is 0.280 e. The number of hydrazone groups is 1. The first-order chi connectivity index (χ1) is 17.4. The number of phenolic OH excluding ortho intramolecular Hbond substituents is 1. The zero-order valence-corrected chi connectivity index (χ0v) is 21.4. The van der Waals surface area contributed by atoms with E-state index in [9.17, 15) is 23.1 Å². The van der Waals surface area contributed by atoms with Crippen molar-refractivity contribution in [1.29, 1.82) is 0 Å². The normalized spacial score (nSPS) is 15.8. The molecule has 0 saturated heterocycles. The molecule has 3 aromatic carbocycles. The molecule has 0 bridgehead atoms. The van der Waals surface area contributed by atoms with Crippen molar-refractivity contribution in [2.75, 3.05) is 11.3 Å². The number of anilines is 1. The van der Waals surface area contributed by atoms with Crippen LogP contribution in [0.15, 0.2) is 76.0 Å². The summed E-state index contributed by atoms with van der Waals surface area (Å²) < 4.78 is 24.7. The molecule has 1 aliphatic rings. The maximum absolute atomic E-state index is 13.0. The van der Waals surface area contributed by atoms with E-state index in [4.69, 9.17) is 0 Å². The number of nitrogens with one attached hydrogen (secondary N) is 1. The maximum Gasteiger partial charge on any atom is 0.280 e. The molecule has 2 N–H and O–H groups in total. The van der Waals surface area contributed by atoms with Crippen molar-refractivity contribution < 1.29 is 23.1 Å². The number of nitrogens with zero attached hydrogens (tertiary/aromatic N) is 4. The van der Waals surface area contributed by atoms with Gasteiger partial charge < -0.3 is 5.11 Å².